The number of methoxy groups -OCH3 is 1. The van der Waals surface area contributed by atoms with Crippen LogP contribution in [-0.2, 0) is 0 Å². The van der Waals surface area contributed by atoms with Crippen LogP contribution in [0.2, 0.25) is 0 Å². The van der Waals surface area contributed by atoms with E-state index in [-0.39, 0.29) is 18.2 Å². The first kappa shape index (κ1) is 20.7. The fraction of sp³-hybridized carbons (Fsp3) is 0.292. The van der Waals surface area contributed by atoms with Crippen LogP contribution in [-0.4, -0.2) is 35.3 Å². The molecule has 0 spiro atoms. The number of para-hydroxylation sites is 2. The van der Waals surface area contributed by atoms with Gasteiger partial charge in [-0.15, -0.1) is 0 Å². The Labute approximate surface area is 182 Å². The van der Waals surface area contributed by atoms with E-state index in [1.54, 1.807) is 24.4 Å². The van der Waals surface area contributed by atoms with E-state index in [1.165, 1.54) is 0 Å². The number of carbonyl (C=O) groups is 1. The van der Waals surface area contributed by atoms with E-state index in [1.807, 2.05) is 60.7 Å². The summed E-state index contributed by atoms with van der Waals surface area (Å²) >= 11 is 0. The number of aromatic nitrogens is 2. The minimum absolute atomic E-state index is 0.0260. The highest BCUT2D eigenvalue weighted by atomic mass is 16.5. The first-order valence-electron chi connectivity index (χ1n) is 10.5. The van der Waals surface area contributed by atoms with Crippen molar-refractivity contribution in [1.29, 1.82) is 0 Å². The monoisotopic (exact) mass is 418 g/mol. The predicted octanol–water partition coefficient (Wildman–Crippen LogP) is 4.72. The molecule has 7 heteroatoms. The molecule has 160 valence electrons. The van der Waals surface area contributed by atoms with E-state index in [2.05, 4.69) is 15.3 Å². The molecule has 0 bridgehead atoms. The van der Waals surface area contributed by atoms with Crippen LogP contribution in [0.1, 0.15) is 25.7 Å². The number of hydrogen-bond donors (Lipinski definition) is 1. The van der Waals surface area contributed by atoms with Crippen LogP contribution in [0.3, 0.4) is 0 Å². The van der Waals surface area contributed by atoms with Crippen molar-refractivity contribution in [2.24, 2.45) is 0 Å². The summed E-state index contributed by atoms with van der Waals surface area (Å²) in [4.78, 5) is 23.3. The summed E-state index contributed by atoms with van der Waals surface area (Å²) in [7, 11) is 1.55. The van der Waals surface area contributed by atoms with Crippen molar-refractivity contribution >= 4 is 17.4 Å². The van der Waals surface area contributed by atoms with Crippen molar-refractivity contribution in [3.05, 3.63) is 73.1 Å². The Kier molecular flexibility index (Phi) is 6.62. The Hall–Kier alpha value is -3.61. The number of nitrogens with one attached hydrogen (secondary N) is 1. The highest BCUT2D eigenvalue weighted by Gasteiger charge is 2.27. The lowest BCUT2D eigenvalue weighted by Gasteiger charge is -2.31. The number of benzene rings is 2. The van der Waals surface area contributed by atoms with Gasteiger partial charge in [-0.2, -0.15) is 0 Å². The first-order chi connectivity index (χ1) is 15.2. The summed E-state index contributed by atoms with van der Waals surface area (Å²) < 4.78 is 11.2. The van der Waals surface area contributed by atoms with Crippen LogP contribution in [0.25, 0.3) is 0 Å². The second-order valence-corrected chi connectivity index (χ2v) is 7.42. The van der Waals surface area contributed by atoms with Crippen molar-refractivity contribution < 1.29 is 14.3 Å². The van der Waals surface area contributed by atoms with Crippen molar-refractivity contribution in [1.82, 2.24) is 15.3 Å². The van der Waals surface area contributed by atoms with Crippen molar-refractivity contribution in [3.63, 3.8) is 0 Å². The molecule has 7 nitrogen and oxygen atoms in total. The van der Waals surface area contributed by atoms with Gasteiger partial charge in [-0.05, 0) is 49.9 Å². The third-order valence-electron chi connectivity index (χ3n) is 5.34. The first-order valence-corrected chi connectivity index (χ1v) is 10.5. The highest BCUT2D eigenvalue weighted by Crippen LogP contribution is 2.29. The average molecular weight is 418 g/mol. The van der Waals surface area contributed by atoms with E-state index >= 15 is 0 Å². The average Bonchev–Trinajstić information content (AvgIpc) is 2.82. The molecule has 1 heterocycles. The second kappa shape index (κ2) is 9.93. The molecule has 1 aromatic heterocycles. The van der Waals surface area contributed by atoms with E-state index in [9.17, 15) is 4.79 Å². The summed E-state index contributed by atoms with van der Waals surface area (Å²) in [5.41, 5.74) is 1.66. The van der Waals surface area contributed by atoms with E-state index < -0.39 is 0 Å². The summed E-state index contributed by atoms with van der Waals surface area (Å²) in [5.74, 6) is 0.802. The van der Waals surface area contributed by atoms with E-state index in [0.717, 1.165) is 37.1 Å². The molecule has 0 radical (unpaired) electrons. The number of ether oxygens (including phenoxy) is 2. The molecule has 4 rings (SSSR count). The molecule has 0 atom stereocenters. The van der Waals surface area contributed by atoms with Gasteiger partial charge in [0, 0.05) is 18.4 Å². The number of urea groups is 1. The molecule has 0 aliphatic heterocycles. The number of carbonyl (C=O) groups excluding carboxylic acids is 1. The molecule has 0 saturated heterocycles. The Morgan fingerprint density at radius 3 is 1.97 bits per heavy atom. The lowest BCUT2D eigenvalue weighted by Crippen LogP contribution is -2.45. The molecule has 2 amide bonds. The third kappa shape index (κ3) is 5.12. The van der Waals surface area contributed by atoms with Crippen LogP contribution in [0, 0.1) is 0 Å². The van der Waals surface area contributed by atoms with Crippen LogP contribution >= 0.6 is 0 Å². The molecule has 1 aliphatic rings. The van der Waals surface area contributed by atoms with Gasteiger partial charge in [0.1, 0.15) is 6.10 Å². The van der Waals surface area contributed by atoms with Gasteiger partial charge in [-0.25, -0.2) is 14.8 Å². The standard InChI is InChI=1S/C24H26N4O3/c1-30-22-23(26-17-16-25-22)31-21-14-12-18(13-15-21)27-24(29)28(19-8-4-2-5-9-19)20-10-6-3-7-11-20/h2-11,16-18,21H,12-15H2,1H3,(H,27,29). The van der Waals surface area contributed by atoms with Crippen molar-refractivity contribution in [2.45, 2.75) is 37.8 Å². The van der Waals surface area contributed by atoms with Gasteiger partial charge in [-0.1, -0.05) is 36.4 Å². The lowest BCUT2D eigenvalue weighted by molar-refractivity contribution is 0.129. The zero-order valence-electron chi connectivity index (χ0n) is 17.5. The van der Waals surface area contributed by atoms with Gasteiger partial charge in [-0.3, -0.25) is 4.90 Å². The zero-order chi connectivity index (χ0) is 21.5. The van der Waals surface area contributed by atoms with Crippen LogP contribution in [0.15, 0.2) is 73.1 Å². The van der Waals surface area contributed by atoms with E-state index in [0.29, 0.717) is 11.8 Å². The Bertz CT molecular complexity index is 937. The van der Waals surface area contributed by atoms with Gasteiger partial charge in [0.05, 0.1) is 18.5 Å². The molecule has 1 fully saturated rings. The molecule has 1 aliphatic carbocycles. The summed E-state index contributed by atoms with van der Waals surface area (Å²) in [6, 6.07) is 19.3. The number of anilines is 2. The fourth-order valence-electron chi connectivity index (χ4n) is 3.79. The minimum Gasteiger partial charge on any atom is -0.477 e. The Morgan fingerprint density at radius 1 is 0.871 bits per heavy atom. The molecule has 1 saturated carbocycles. The summed E-state index contributed by atoms with van der Waals surface area (Å²) in [6.07, 6.45) is 6.49. The molecule has 0 unspecified atom stereocenters. The highest BCUT2D eigenvalue weighted by molar-refractivity contribution is 5.99. The zero-order valence-corrected chi connectivity index (χ0v) is 17.5. The molecule has 31 heavy (non-hydrogen) atoms. The lowest BCUT2D eigenvalue weighted by atomic mass is 9.93. The maximum absolute atomic E-state index is 13.2. The number of hydrogen-bond acceptors (Lipinski definition) is 5. The maximum atomic E-state index is 13.2. The van der Waals surface area contributed by atoms with Gasteiger partial charge >= 0.3 is 6.03 Å². The van der Waals surface area contributed by atoms with Gasteiger partial charge in [0.15, 0.2) is 0 Å². The molecular formula is C24H26N4O3. The topological polar surface area (TPSA) is 76.6 Å². The smallest absolute Gasteiger partial charge is 0.326 e. The normalized spacial score (nSPS) is 18.1. The largest absolute Gasteiger partial charge is 0.477 e. The number of rotatable bonds is 6. The van der Waals surface area contributed by atoms with E-state index in [4.69, 9.17) is 9.47 Å². The summed E-state index contributed by atoms with van der Waals surface area (Å²) in [6.45, 7) is 0. The second-order valence-electron chi connectivity index (χ2n) is 7.42. The van der Waals surface area contributed by atoms with Crippen molar-refractivity contribution in [3.8, 4) is 11.8 Å². The number of nitrogens with zero attached hydrogens (tertiary/aromatic N) is 3. The van der Waals surface area contributed by atoms with Crippen LogP contribution < -0.4 is 19.7 Å². The Morgan fingerprint density at radius 2 is 1.42 bits per heavy atom. The Balaban J connectivity index is 1.38. The molecule has 1 N–H and O–H groups in total. The van der Waals surface area contributed by atoms with Crippen LogP contribution in [0.5, 0.6) is 11.8 Å². The van der Waals surface area contributed by atoms with Gasteiger partial charge in [0.2, 0.25) is 0 Å². The van der Waals surface area contributed by atoms with Crippen LogP contribution in [0.4, 0.5) is 16.2 Å². The maximum Gasteiger partial charge on any atom is 0.326 e. The number of amides is 2. The molecular weight excluding hydrogens is 392 g/mol. The predicted molar refractivity (Wildman–Crippen MR) is 119 cm³/mol. The van der Waals surface area contributed by atoms with Gasteiger partial charge < -0.3 is 14.8 Å². The summed E-state index contributed by atoms with van der Waals surface area (Å²) in [5, 5.41) is 3.20. The van der Waals surface area contributed by atoms with Crippen molar-refractivity contribution in [2.75, 3.05) is 12.0 Å². The fourth-order valence-corrected chi connectivity index (χ4v) is 3.79. The molecule has 3 aromatic rings. The quantitative estimate of drug-likeness (QED) is 0.627. The third-order valence-corrected chi connectivity index (χ3v) is 5.34. The molecule has 2 aromatic carbocycles. The minimum atomic E-state index is -0.127. The van der Waals surface area contributed by atoms with Gasteiger partial charge in [0.25, 0.3) is 11.8 Å². The SMILES string of the molecule is COc1nccnc1OC1CCC(NC(=O)N(c2ccccc2)c2ccccc2)CC1.